The van der Waals surface area contributed by atoms with E-state index in [2.05, 4.69) is 15.6 Å². The predicted molar refractivity (Wildman–Crippen MR) is 93.7 cm³/mol. The van der Waals surface area contributed by atoms with Crippen LogP contribution in [0.15, 0.2) is 36.5 Å². The zero-order valence-electron chi connectivity index (χ0n) is 14.7. The zero-order chi connectivity index (χ0) is 18.2. The Morgan fingerprint density at radius 2 is 1.84 bits per heavy atom. The van der Waals surface area contributed by atoms with E-state index < -0.39 is 0 Å². The monoisotopic (exact) mass is 346 g/mol. The largest absolute Gasteiger partial charge is 0.481 e. The van der Waals surface area contributed by atoms with Gasteiger partial charge >= 0.3 is 6.03 Å². The van der Waals surface area contributed by atoms with E-state index in [0.717, 1.165) is 11.1 Å². The van der Waals surface area contributed by atoms with Crippen LogP contribution in [-0.2, 0) is 19.6 Å². The van der Waals surface area contributed by atoms with Crippen LogP contribution in [0.5, 0.6) is 5.88 Å². The number of hydrogen-bond donors (Lipinski definition) is 2. The molecule has 0 bridgehead atoms. The molecule has 0 unspecified atom stereocenters. The van der Waals surface area contributed by atoms with Crippen molar-refractivity contribution in [2.45, 2.75) is 19.6 Å². The van der Waals surface area contributed by atoms with Gasteiger partial charge in [0.15, 0.2) is 0 Å². The summed E-state index contributed by atoms with van der Waals surface area (Å²) in [6, 6.07) is 8.13. The molecule has 7 heteroatoms. The fourth-order valence-corrected chi connectivity index (χ4v) is 2.26. The van der Waals surface area contributed by atoms with Crippen LogP contribution in [0.2, 0.25) is 0 Å². The molecule has 1 heterocycles. The molecule has 0 aliphatic rings. The third-order valence-electron chi connectivity index (χ3n) is 3.51. The van der Waals surface area contributed by atoms with Gasteiger partial charge in [0.05, 0.1) is 7.11 Å². The summed E-state index contributed by atoms with van der Waals surface area (Å²) in [4.78, 5) is 17.9. The van der Waals surface area contributed by atoms with Crippen molar-refractivity contribution in [3.8, 4) is 5.88 Å². The highest BCUT2D eigenvalue weighted by molar-refractivity contribution is 5.73. The van der Waals surface area contributed by atoms with Crippen molar-refractivity contribution in [1.82, 2.24) is 20.5 Å². The predicted octanol–water partition coefficient (Wildman–Crippen LogP) is 2.29. The van der Waals surface area contributed by atoms with Crippen molar-refractivity contribution in [3.05, 3.63) is 59.0 Å². The standard InChI is InChI=1S/C18H23FN4O2/c1-23(2)12-15-8-13(4-6-16(15)19)9-21-18(24)22-11-14-5-7-17(25-3)20-10-14/h4-8,10H,9,11-12H2,1-3H3,(H2,21,22,24). The summed E-state index contributed by atoms with van der Waals surface area (Å²) in [5.41, 5.74) is 2.32. The number of rotatable bonds is 7. The Morgan fingerprint density at radius 3 is 2.44 bits per heavy atom. The molecule has 1 aromatic heterocycles. The van der Waals surface area contributed by atoms with E-state index in [1.54, 1.807) is 31.5 Å². The Bertz CT molecular complexity index is 705. The maximum Gasteiger partial charge on any atom is 0.315 e. The van der Waals surface area contributed by atoms with Gasteiger partial charge in [-0.1, -0.05) is 12.1 Å². The average molecular weight is 346 g/mol. The minimum Gasteiger partial charge on any atom is -0.481 e. The lowest BCUT2D eigenvalue weighted by Gasteiger charge is -2.13. The lowest BCUT2D eigenvalue weighted by Crippen LogP contribution is -2.34. The van der Waals surface area contributed by atoms with E-state index >= 15 is 0 Å². The van der Waals surface area contributed by atoms with Gasteiger partial charge in [0.1, 0.15) is 5.82 Å². The van der Waals surface area contributed by atoms with E-state index in [1.807, 2.05) is 25.1 Å². The highest BCUT2D eigenvalue weighted by atomic mass is 19.1. The quantitative estimate of drug-likeness (QED) is 0.807. The Morgan fingerprint density at radius 1 is 1.16 bits per heavy atom. The molecule has 2 N–H and O–H groups in total. The number of nitrogens with zero attached hydrogens (tertiary/aromatic N) is 2. The molecule has 6 nitrogen and oxygen atoms in total. The molecule has 0 saturated heterocycles. The van der Waals surface area contributed by atoms with Crippen molar-refractivity contribution < 1.29 is 13.9 Å². The molecular formula is C18H23FN4O2. The summed E-state index contributed by atoms with van der Waals surface area (Å²) >= 11 is 0. The van der Waals surface area contributed by atoms with E-state index in [-0.39, 0.29) is 11.8 Å². The highest BCUT2D eigenvalue weighted by Crippen LogP contribution is 2.12. The molecule has 2 rings (SSSR count). The number of ether oxygens (including phenoxy) is 1. The highest BCUT2D eigenvalue weighted by Gasteiger charge is 2.06. The van der Waals surface area contributed by atoms with Crippen LogP contribution in [0, 0.1) is 5.82 Å². The third-order valence-corrected chi connectivity index (χ3v) is 3.51. The first-order chi connectivity index (χ1) is 12.0. The molecule has 0 atom stereocenters. The Kier molecular flexibility index (Phi) is 6.71. The molecule has 134 valence electrons. The van der Waals surface area contributed by atoms with Crippen molar-refractivity contribution in [2.24, 2.45) is 0 Å². The summed E-state index contributed by atoms with van der Waals surface area (Å²) in [6.07, 6.45) is 1.65. The van der Waals surface area contributed by atoms with Gasteiger partial charge in [0.25, 0.3) is 0 Å². The molecule has 0 fully saturated rings. The Labute approximate surface area is 147 Å². The number of nitrogens with one attached hydrogen (secondary N) is 2. The summed E-state index contributed by atoms with van der Waals surface area (Å²) in [7, 11) is 5.31. The summed E-state index contributed by atoms with van der Waals surface area (Å²) in [5.74, 6) is 0.284. The number of urea groups is 1. The van der Waals surface area contributed by atoms with Crippen LogP contribution >= 0.6 is 0 Å². The van der Waals surface area contributed by atoms with Crippen LogP contribution < -0.4 is 15.4 Å². The lowest BCUT2D eigenvalue weighted by molar-refractivity contribution is 0.240. The van der Waals surface area contributed by atoms with Crippen LogP contribution in [-0.4, -0.2) is 37.1 Å². The first-order valence-corrected chi connectivity index (χ1v) is 7.90. The molecule has 1 aromatic carbocycles. The van der Waals surface area contributed by atoms with E-state index in [4.69, 9.17) is 4.74 Å². The van der Waals surface area contributed by atoms with Crippen molar-refractivity contribution in [1.29, 1.82) is 0 Å². The molecular weight excluding hydrogens is 323 g/mol. The van der Waals surface area contributed by atoms with Gasteiger partial charge in [-0.2, -0.15) is 0 Å². The number of carbonyl (C=O) groups excluding carboxylic acids is 1. The second kappa shape index (κ2) is 8.98. The number of benzene rings is 1. The number of aromatic nitrogens is 1. The SMILES string of the molecule is COc1ccc(CNC(=O)NCc2ccc(F)c(CN(C)C)c2)cn1. The maximum absolute atomic E-state index is 13.8. The average Bonchev–Trinajstić information content (AvgIpc) is 2.60. The van der Waals surface area contributed by atoms with Crippen molar-refractivity contribution >= 4 is 6.03 Å². The molecule has 0 aliphatic heterocycles. The van der Waals surface area contributed by atoms with Gasteiger partial charge in [-0.15, -0.1) is 0 Å². The topological polar surface area (TPSA) is 66.5 Å². The number of methoxy groups -OCH3 is 1. The van der Waals surface area contributed by atoms with Crippen molar-refractivity contribution in [3.63, 3.8) is 0 Å². The fourth-order valence-electron chi connectivity index (χ4n) is 2.26. The molecule has 0 spiro atoms. The van der Waals surface area contributed by atoms with Crippen LogP contribution in [0.4, 0.5) is 9.18 Å². The summed E-state index contributed by atoms with van der Waals surface area (Å²) in [6.45, 7) is 1.20. The third kappa shape index (κ3) is 6.04. The molecule has 0 aliphatic carbocycles. The molecule has 0 radical (unpaired) electrons. The Balaban J connectivity index is 1.83. The number of amides is 2. The second-order valence-electron chi connectivity index (χ2n) is 5.91. The van der Waals surface area contributed by atoms with Crippen LogP contribution in [0.3, 0.4) is 0 Å². The van der Waals surface area contributed by atoms with Gasteiger partial charge in [-0.05, 0) is 37.4 Å². The van der Waals surface area contributed by atoms with Crippen LogP contribution in [0.1, 0.15) is 16.7 Å². The fraction of sp³-hybridized carbons (Fsp3) is 0.333. The van der Waals surface area contributed by atoms with E-state index in [0.29, 0.717) is 31.1 Å². The number of halogens is 1. The van der Waals surface area contributed by atoms with E-state index in [9.17, 15) is 9.18 Å². The molecule has 0 saturated carbocycles. The number of carbonyl (C=O) groups is 1. The number of hydrogen-bond acceptors (Lipinski definition) is 4. The minimum atomic E-state index is -0.297. The lowest BCUT2D eigenvalue weighted by atomic mass is 10.1. The maximum atomic E-state index is 13.8. The van der Waals surface area contributed by atoms with Gasteiger partial charge in [0, 0.05) is 37.5 Å². The normalized spacial score (nSPS) is 10.6. The van der Waals surface area contributed by atoms with Gasteiger partial charge in [0.2, 0.25) is 5.88 Å². The molecule has 2 amide bonds. The van der Waals surface area contributed by atoms with E-state index in [1.165, 1.54) is 6.07 Å². The van der Waals surface area contributed by atoms with Gasteiger partial charge in [-0.25, -0.2) is 14.2 Å². The zero-order valence-corrected chi connectivity index (χ0v) is 14.7. The van der Waals surface area contributed by atoms with Crippen molar-refractivity contribution in [2.75, 3.05) is 21.2 Å². The van der Waals surface area contributed by atoms with Crippen LogP contribution in [0.25, 0.3) is 0 Å². The Hall–Kier alpha value is -2.67. The second-order valence-corrected chi connectivity index (χ2v) is 5.91. The minimum absolute atomic E-state index is 0.242. The smallest absolute Gasteiger partial charge is 0.315 e. The summed E-state index contributed by atoms with van der Waals surface area (Å²) in [5, 5.41) is 5.51. The first-order valence-electron chi connectivity index (χ1n) is 7.90. The van der Waals surface area contributed by atoms with Gasteiger partial charge < -0.3 is 20.3 Å². The molecule has 25 heavy (non-hydrogen) atoms. The number of pyridine rings is 1. The summed E-state index contributed by atoms with van der Waals surface area (Å²) < 4.78 is 18.7. The molecule has 2 aromatic rings. The van der Waals surface area contributed by atoms with Gasteiger partial charge in [-0.3, -0.25) is 0 Å². The first kappa shape index (κ1) is 18.7.